The molecule has 2 aromatic carbocycles. The first-order valence-corrected chi connectivity index (χ1v) is 9.35. The molecule has 7 nitrogen and oxygen atoms in total. The Balaban J connectivity index is 2.03. The Hall–Kier alpha value is -3.00. The van der Waals surface area contributed by atoms with Gasteiger partial charge in [0, 0.05) is 5.56 Å². The van der Waals surface area contributed by atoms with Gasteiger partial charge in [-0.2, -0.15) is 0 Å². The average molecular weight is 401 g/mol. The molecule has 1 heterocycles. The van der Waals surface area contributed by atoms with Crippen LogP contribution < -0.4 is 9.47 Å². The summed E-state index contributed by atoms with van der Waals surface area (Å²) < 4.78 is 15.6. The molecular formula is C20H19NO6S. The van der Waals surface area contributed by atoms with Crippen LogP contribution in [0.15, 0.2) is 35.2 Å². The molecule has 1 aliphatic heterocycles. The van der Waals surface area contributed by atoms with Gasteiger partial charge < -0.3 is 14.2 Å². The number of ether oxygens (including phenoxy) is 3. The van der Waals surface area contributed by atoms with Crippen LogP contribution in [-0.2, 0) is 14.3 Å². The molecule has 0 bridgehead atoms. The molecule has 8 heteroatoms. The fraction of sp³-hybridized carbons (Fsp3) is 0.250. The number of benzene rings is 2. The number of nitrogens with zero attached hydrogens (tertiary/aromatic N) is 1. The van der Waals surface area contributed by atoms with Gasteiger partial charge in [-0.1, -0.05) is 12.1 Å². The van der Waals surface area contributed by atoms with E-state index >= 15 is 0 Å². The molecule has 28 heavy (non-hydrogen) atoms. The lowest BCUT2D eigenvalue weighted by Gasteiger charge is -2.12. The zero-order valence-corrected chi connectivity index (χ0v) is 16.5. The number of hydrogen-bond donors (Lipinski definition) is 0. The summed E-state index contributed by atoms with van der Waals surface area (Å²) in [5, 5.41) is 1.23. The first kappa shape index (κ1) is 19.8. The van der Waals surface area contributed by atoms with Crippen LogP contribution in [0.2, 0.25) is 0 Å². The highest BCUT2D eigenvalue weighted by Gasteiger charge is 2.37. The van der Waals surface area contributed by atoms with E-state index in [1.54, 1.807) is 26.2 Å². The number of thioether (sulfide) groups is 1. The molecule has 1 aliphatic rings. The van der Waals surface area contributed by atoms with Gasteiger partial charge in [-0.15, -0.1) is 0 Å². The minimum Gasteiger partial charge on any atom is -0.497 e. The highest BCUT2D eigenvalue weighted by molar-refractivity contribution is 8.18. The molecule has 1 fully saturated rings. The summed E-state index contributed by atoms with van der Waals surface area (Å²) >= 11 is 0.778. The van der Waals surface area contributed by atoms with Gasteiger partial charge in [0.15, 0.2) is 0 Å². The first-order valence-electron chi connectivity index (χ1n) is 8.54. The second-order valence-corrected chi connectivity index (χ2v) is 6.83. The number of amides is 2. The third kappa shape index (κ3) is 3.82. The van der Waals surface area contributed by atoms with Crippen molar-refractivity contribution in [2.75, 3.05) is 27.4 Å². The van der Waals surface area contributed by atoms with Gasteiger partial charge in [-0.05, 0) is 53.7 Å². The van der Waals surface area contributed by atoms with Crippen molar-refractivity contribution in [2.45, 2.75) is 6.92 Å². The SMILES string of the molecule is CCOC(=O)CN1C(=O)S/C(=C\c2c(OC)ccc3ccc(OC)cc23)C1=O. The number of hydrogen-bond acceptors (Lipinski definition) is 7. The molecule has 0 N–H and O–H groups in total. The van der Waals surface area contributed by atoms with E-state index < -0.39 is 23.7 Å². The monoisotopic (exact) mass is 401 g/mol. The van der Waals surface area contributed by atoms with Crippen molar-refractivity contribution in [3.8, 4) is 11.5 Å². The fourth-order valence-electron chi connectivity index (χ4n) is 2.86. The number of methoxy groups -OCH3 is 2. The van der Waals surface area contributed by atoms with Crippen molar-refractivity contribution in [1.29, 1.82) is 0 Å². The standard InChI is InChI=1S/C20H19NO6S/c1-4-27-18(22)11-21-19(23)17(28-20(21)24)10-15-14-9-13(25-2)7-5-12(14)6-8-16(15)26-3/h5-10H,4,11H2,1-3H3/b17-10-. The van der Waals surface area contributed by atoms with Crippen LogP contribution in [0.4, 0.5) is 4.79 Å². The second-order valence-electron chi connectivity index (χ2n) is 5.84. The van der Waals surface area contributed by atoms with Gasteiger partial charge in [-0.25, -0.2) is 0 Å². The van der Waals surface area contributed by atoms with Gasteiger partial charge in [0.25, 0.3) is 11.1 Å². The predicted octanol–water partition coefficient (Wildman–Crippen LogP) is 3.46. The van der Waals surface area contributed by atoms with Crippen molar-refractivity contribution >= 4 is 45.7 Å². The Morgan fingerprint density at radius 1 is 1.14 bits per heavy atom. The lowest BCUT2D eigenvalue weighted by molar-refractivity contribution is -0.145. The van der Waals surface area contributed by atoms with E-state index in [1.165, 1.54) is 7.11 Å². The van der Waals surface area contributed by atoms with Crippen LogP contribution in [0, 0.1) is 0 Å². The highest BCUT2D eigenvalue weighted by atomic mass is 32.2. The van der Waals surface area contributed by atoms with Gasteiger partial charge in [0.2, 0.25) is 0 Å². The Morgan fingerprint density at radius 2 is 1.89 bits per heavy atom. The van der Waals surface area contributed by atoms with E-state index in [2.05, 4.69) is 0 Å². The molecule has 2 amide bonds. The molecule has 0 spiro atoms. The summed E-state index contributed by atoms with van der Waals surface area (Å²) in [6.45, 7) is 1.43. The maximum absolute atomic E-state index is 12.7. The largest absolute Gasteiger partial charge is 0.497 e. The Labute approximate surface area is 166 Å². The fourth-order valence-corrected chi connectivity index (χ4v) is 3.68. The summed E-state index contributed by atoms with van der Waals surface area (Å²) in [7, 11) is 3.10. The molecule has 1 saturated heterocycles. The molecule has 3 rings (SSSR count). The normalized spacial score (nSPS) is 15.4. The van der Waals surface area contributed by atoms with Crippen molar-refractivity contribution in [3.05, 3.63) is 40.8 Å². The smallest absolute Gasteiger partial charge is 0.326 e. The van der Waals surface area contributed by atoms with Crippen LogP contribution in [0.3, 0.4) is 0 Å². The third-order valence-corrected chi connectivity index (χ3v) is 5.10. The Kier molecular flexibility index (Phi) is 5.89. The number of carbonyl (C=O) groups excluding carboxylic acids is 3. The molecule has 2 aromatic rings. The third-order valence-electron chi connectivity index (χ3n) is 4.19. The van der Waals surface area contributed by atoms with Crippen LogP contribution in [-0.4, -0.2) is 49.4 Å². The van der Waals surface area contributed by atoms with Crippen molar-refractivity contribution in [3.63, 3.8) is 0 Å². The van der Waals surface area contributed by atoms with Crippen LogP contribution in [0.5, 0.6) is 11.5 Å². The number of fused-ring (bicyclic) bond motifs is 1. The number of rotatable bonds is 6. The summed E-state index contributed by atoms with van der Waals surface area (Å²) in [4.78, 5) is 37.6. The van der Waals surface area contributed by atoms with Crippen LogP contribution in [0.25, 0.3) is 16.8 Å². The number of esters is 1. The topological polar surface area (TPSA) is 82.1 Å². The highest BCUT2D eigenvalue weighted by Crippen LogP contribution is 2.37. The second kappa shape index (κ2) is 8.35. The molecular weight excluding hydrogens is 382 g/mol. The minimum absolute atomic E-state index is 0.180. The molecule has 0 unspecified atom stereocenters. The lowest BCUT2D eigenvalue weighted by atomic mass is 10.0. The Bertz CT molecular complexity index is 979. The van der Waals surface area contributed by atoms with E-state index in [4.69, 9.17) is 14.2 Å². The summed E-state index contributed by atoms with van der Waals surface area (Å²) in [6.07, 6.45) is 1.61. The maximum atomic E-state index is 12.7. The van der Waals surface area contributed by atoms with E-state index in [0.717, 1.165) is 27.4 Å². The van der Waals surface area contributed by atoms with Crippen LogP contribution >= 0.6 is 11.8 Å². The lowest BCUT2D eigenvalue weighted by Crippen LogP contribution is -2.34. The van der Waals surface area contributed by atoms with Crippen molar-refractivity contribution < 1.29 is 28.6 Å². The van der Waals surface area contributed by atoms with Gasteiger partial charge in [-0.3, -0.25) is 19.3 Å². The van der Waals surface area contributed by atoms with Gasteiger partial charge >= 0.3 is 5.97 Å². The minimum atomic E-state index is -0.626. The molecule has 0 aliphatic carbocycles. The zero-order chi connectivity index (χ0) is 20.3. The average Bonchev–Trinajstić information content (AvgIpc) is 2.95. The maximum Gasteiger partial charge on any atom is 0.326 e. The molecule has 146 valence electrons. The van der Waals surface area contributed by atoms with E-state index in [9.17, 15) is 14.4 Å². The van der Waals surface area contributed by atoms with Crippen molar-refractivity contribution in [2.24, 2.45) is 0 Å². The van der Waals surface area contributed by atoms with E-state index in [1.807, 2.05) is 24.3 Å². The Morgan fingerprint density at radius 3 is 2.57 bits per heavy atom. The molecule has 0 saturated carbocycles. The number of imide groups is 1. The van der Waals surface area contributed by atoms with Crippen LogP contribution in [0.1, 0.15) is 12.5 Å². The van der Waals surface area contributed by atoms with E-state index in [-0.39, 0.29) is 11.5 Å². The van der Waals surface area contributed by atoms with Gasteiger partial charge in [0.1, 0.15) is 18.0 Å². The van der Waals surface area contributed by atoms with Gasteiger partial charge in [0.05, 0.1) is 25.7 Å². The van der Waals surface area contributed by atoms with E-state index in [0.29, 0.717) is 17.1 Å². The predicted molar refractivity (Wildman–Crippen MR) is 106 cm³/mol. The van der Waals surface area contributed by atoms with Crippen molar-refractivity contribution in [1.82, 2.24) is 4.90 Å². The molecule has 0 atom stereocenters. The number of carbonyl (C=O) groups is 3. The first-order chi connectivity index (χ1) is 13.5. The molecule has 0 radical (unpaired) electrons. The zero-order valence-electron chi connectivity index (χ0n) is 15.7. The quantitative estimate of drug-likeness (QED) is 0.541. The summed E-state index contributed by atoms with van der Waals surface area (Å²) in [5.74, 6) is 0.0484. The molecule has 0 aromatic heterocycles. The summed E-state index contributed by atoms with van der Waals surface area (Å²) in [5.41, 5.74) is 0.653. The summed E-state index contributed by atoms with van der Waals surface area (Å²) in [6, 6.07) is 9.27.